The van der Waals surface area contributed by atoms with Crippen molar-refractivity contribution in [2.75, 3.05) is 17.7 Å². The number of benzene rings is 2. The SMILES string of the molecule is C[C@H]1[C@H]([Si](C)(C)F)[C@@H](CCn2cc(CCO)nn2)O[C@H]1CCc1cccc(NC(=O)c2ccc(N)cc2)c1. The lowest BCUT2D eigenvalue weighted by atomic mass is 9.95. The van der Waals surface area contributed by atoms with Gasteiger partial charge in [0.2, 0.25) is 8.41 Å². The van der Waals surface area contributed by atoms with Crippen molar-refractivity contribution in [3.63, 3.8) is 0 Å². The number of anilines is 2. The molecule has 0 spiro atoms. The second-order valence-electron chi connectivity index (χ2n) is 10.7. The third-order valence-electron chi connectivity index (χ3n) is 7.37. The number of amides is 1. The Morgan fingerprint density at radius 2 is 1.92 bits per heavy atom. The van der Waals surface area contributed by atoms with Gasteiger partial charge in [0, 0.05) is 48.2 Å². The van der Waals surface area contributed by atoms with E-state index in [1.807, 2.05) is 30.5 Å². The van der Waals surface area contributed by atoms with Crippen LogP contribution in [0, 0.1) is 5.92 Å². The maximum Gasteiger partial charge on any atom is 0.255 e. The molecule has 1 fully saturated rings. The van der Waals surface area contributed by atoms with Gasteiger partial charge in [0.1, 0.15) is 0 Å². The lowest BCUT2D eigenvalue weighted by Crippen LogP contribution is -2.36. The topological polar surface area (TPSA) is 115 Å². The summed E-state index contributed by atoms with van der Waals surface area (Å²) >= 11 is 0. The maximum absolute atomic E-state index is 15.4. The van der Waals surface area contributed by atoms with Gasteiger partial charge in [0.05, 0.1) is 17.9 Å². The molecule has 4 atom stereocenters. The van der Waals surface area contributed by atoms with Gasteiger partial charge in [-0.25, -0.2) is 0 Å². The Balaban J connectivity index is 1.36. The Hall–Kier alpha value is -3.08. The molecule has 1 aliphatic rings. The predicted octanol–water partition coefficient (Wildman–Crippen LogP) is 4.62. The number of nitrogens with zero attached hydrogens (tertiary/aromatic N) is 3. The number of rotatable bonds is 11. The number of nitrogens with one attached hydrogen (secondary N) is 1. The molecule has 1 aromatic heterocycles. The molecule has 4 rings (SSSR count). The average molecular weight is 540 g/mol. The lowest BCUT2D eigenvalue weighted by Gasteiger charge is -2.28. The van der Waals surface area contributed by atoms with Crippen molar-refractivity contribution in [2.45, 2.75) is 70.0 Å². The molecule has 1 amide bonds. The van der Waals surface area contributed by atoms with Crippen LogP contribution >= 0.6 is 0 Å². The van der Waals surface area contributed by atoms with Crippen molar-refractivity contribution in [3.05, 3.63) is 71.5 Å². The number of ether oxygens (including phenoxy) is 1. The van der Waals surface area contributed by atoms with Crippen molar-refractivity contribution in [1.29, 1.82) is 0 Å². The van der Waals surface area contributed by atoms with E-state index in [2.05, 4.69) is 22.6 Å². The summed E-state index contributed by atoms with van der Waals surface area (Å²) in [6.45, 7) is 6.29. The number of nitrogens with two attached hydrogens (primary N) is 1. The van der Waals surface area contributed by atoms with E-state index >= 15 is 4.11 Å². The molecular formula is C28H38FN5O3Si. The maximum atomic E-state index is 15.4. The predicted molar refractivity (Wildman–Crippen MR) is 149 cm³/mol. The van der Waals surface area contributed by atoms with Crippen LogP contribution in [-0.4, -0.2) is 53.2 Å². The molecule has 204 valence electrons. The minimum Gasteiger partial charge on any atom is -0.399 e. The molecular weight excluding hydrogens is 501 g/mol. The van der Waals surface area contributed by atoms with Gasteiger partial charge < -0.3 is 25.0 Å². The fourth-order valence-electron chi connectivity index (χ4n) is 5.54. The number of hydrogen-bond acceptors (Lipinski definition) is 6. The smallest absolute Gasteiger partial charge is 0.255 e. The zero-order valence-electron chi connectivity index (χ0n) is 22.3. The van der Waals surface area contributed by atoms with Crippen molar-refractivity contribution in [2.24, 2.45) is 5.92 Å². The zero-order chi connectivity index (χ0) is 27.3. The highest BCUT2D eigenvalue weighted by Crippen LogP contribution is 2.47. The molecule has 0 saturated carbocycles. The van der Waals surface area contributed by atoms with Gasteiger partial charge in [0.15, 0.2) is 0 Å². The molecule has 1 aliphatic heterocycles. The standard InChI is InChI=1S/C28H38FN5O3Si/c1-19-25(37-26(27(19)38(2,3)29)13-15-34-18-24(14-16-35)32-33-34)12-7-20-5-4-6-23(17-20)31-28(36)21-8-10-22(30)11-9-21/h4-6,8-11,17-19,25-27,35H,7,12-16,30H2,1-3H3,(H,31,36)/t19-,25+,26-,27+/m1/s1. The Labute approximate surface area is 224 Å². The minimum atomic E-state index is -2.97. The van der Waals surface area contributed by atoms with Crippen molar-refractivity contribution in [3.8, 4) is 0 Å². The lowest BCUT2D eigenvalue weighted by molar-refractivity contribution is 0.0247. The third-order valence-corrected chi connectivity index (χ3v) is 9.85. The third kappa shape index (κ3) is 7.06. The van der Waals surface area contributed by atoms with Crippen LogP contribution in [0.15, 0.2) is 54.7 Å². The number of aryl methyl sites for hydroxylation is 2. The van der Waals surface area contributed by atoms with Gasteiger partial charge in [-0.05, 0) is 80.2 Å². The van der Waals surface area contributed by atoms with Crippen LogP contribution in [0.4, 0.5) is 15.5 Å². The number of carbonyl (C=O) groups is 1. The Bertz CT molecular complexity index is 1210. The van der Waals surface area contributed by atoms with Crippen LogP contribution in [0.3, 0.4) is 0 Å². The first kappa shape index (κ1) is 27.9. The average Bonchev–Trinajstić information content (AvgIpc) is 3.45. The van der Waals surface area contributed by atoms with E-state index in [-0.39, 0.29) is 36.2 Å². The van der Waals surface area contributed by atoms with E-state index in [0.29, 0.717) is 30.6 Å². The first-order valence-corrected chi connectivity index (χ1v) is 16.2. The van der Waals surface area contributed by atoms with Crippen molar-refractivity contribution < 1.29 is 18.7 Å². The van der Waals surface area contributed by atoms with E-state index in [0.717, 1.165) is 29.8 Å². The van der Waals surface area contributed by atoms with Crippen LogP contribution in [-0.2, 0) is 24.1 Å². The summed E-state index contributed by atoms with van der Waals surface area (Å²) in [7, 11) is -2.97. The second-order valence-corrected chi connectivity index (χ2v) is 14.5. The summed E-state index contributed by atoms with van der Waals surface area (Å²) in [6, 6.07) is 14.6. The van der Waals surface area contributed by atoms with Crippen LogP contribution < -0.4 is 11.1 Å². The minimum absolute atomic E-state index is 0.0329. The summed E-state index contributed by atoms with van der Waals surface area (Å²) < 4.78 is 23.7. The van der Waals surface area contributed by atoms with Crippen molar-refractivity contribution in [1.82, 2.24) is 15.0 Å². The molecule has 0 bridgehead atoms. The van der Waals surface area contributed by atoms with Crippen LogP contribution in [0.25, 0.3) is 0 Å². The fourth-order valence-corrected chi connectivity index (χ4v) is 8.13. The monoisotopic (exact) mass is 539 g/mol. The van der Waals surface area contributed by atoms with E-state index in [1.165, 1.54) is 0 Å². The second kappa shape index (κ2) is 12.2. The molecule has 4 N–H and O–H groups in total. The Kier molecular flexibility index (Phi) is 8.96. The number of nitrogen functional groups attached to an aromatic ring is 1. The quantitative estimate of drug-likeness (QED) is 0.186. The normalized spacial score (nSPS) is 21.5. The van der Waals surface area contributed by atoms with Gasteiger partial charge >= 0.3 is 0 Å². The van der Waals surface area contributed by atoms with Crippen LogP contribution in [0.5, 0.6) is 0 Å². The molecule has 1 saturated heterocycles. The summed E-state index contributed by atoms with van der Waals surface area (Å²) in [5.41, 5.74) is 9.34. The van der Waals surface area contributed by atoms with E-state index in [4.69, 9.17) is 15.6 Å². The molecule has 3 aromatic rings. The van der Waals surface area contributed by atoms with E-state index in [1.54, 1.807) is 42.0 Å². The van der Waals surface area contributed by atoms with Gasteiger partial charge in [-0.3, -0.25) is 9.48 Å². The summed E-state index contributed by atoms with van der Waals surface area (Å²) in [4.78, 5) is 12.6. The molecule has 0 aliphatic carbocycles. The van der Waals surface area contributed by atoms with Gasteiger partial charge in [-0.15, -0.1) is 5.10 Å². The molecule has 2 heterocycles. The molecule has 2 aromatic carbocycles. The first-order valence-electron chi connectivity index (χ1n) is 13.2. The molecule has 0 radical (unpaired) electrons. The Morgan fingerprint density at radius 3 is 2.63 bits per heavy atom. The summed E-state index contributed by atoms with van der Waals surface area (Å²) in [5.74, 6) is -0.0765. The van der Waals surface area contributed by atoms with Crippen LogP contribution in [0.1, 0.15) is 41.4 Å². The van der Waals surface area contributed by atoms with Gasteiger partial charge in [-0.2, -0.15) is 0 Å². The Morgan fingerprint density at radius 1 is 1.16 bits per heavy atom. The number of aliphatic hydroxyl groups is 1. The highest BCUT2D eigenvalue weighted by molar-refractivity contribution is 6.72. The van der Waals surface area contributed by atoms with Crippen LogP contribution in [0.2, 0.25) is 18.6 Å². The molecule has 38 heavy (non-hydrogen) atoms. The van der Waals surface area contributed by atoms with E-state index < -0.39 is 8.41 Å². The number of halogens is 1. The summed E-state index contributed by atoms with van der Waals surface area (Å²) in [5, 5.41) is 20.3. The highest BCUT2D eigenvalue weighted by Gasteiger charge is 2.50. The zero-order valence-corrected chi connectivity index (χ0v) is 23.3. The number of aliphatic hydroxyl groups excluding tert-OH is 1. The van der Waals surface area contributed by atoms with Gasteiger partial charge in [0.25, 0.3) is 5.91 Å². The number of hydrogen-bond donors (Lipinski definition) is 3. The number of aromatic nitrogens is 3. The van der Waals surface area contributed by atoms with Crippen molar-refractivity contribution >= 4 is 25.7 Å². The number of carbonyl (C=O) groups excluding carboxylic acids is 1. The molecule has 10 heteroatoms. The fraction of sp³-hybridized carbons (Fsp3) is 0.464. The highest BCUT2D eigenvalue weighted by atomic mass is 28.4. The van der Waals surface area contributed by atoms with Gasteiger partial charge in [-0.1, -0.05) is 24.3 Å². The molecule has 8 nitrogen and oxygen atoms in total. The largest absolute Gasteiger partial charge is 0.399 e. The molecule has 0 unspecified atom stereocenters. The summed E-state index contributed by atoms with van der Waals surface area (Å²) in [6.07, 6.45) is 4.30. The first-order chi connectivity index (χ1) is 18.1. The van der Waals surface area contributed by atoms with E-state index in [9.17, 15) is 4.79 Å².